The summed E-state index contributed by atoms with van der Waals surface area (Å²) in [5.41, 5.74) is 1.78. The highest BCUT2D eigenvalue weighted by Gasteiger charge is 2.21. The smallest absolute Gasteiger partial charge is 0.207 e. The highest BCUT2D eigenvalue weighted by atomic mass is 32.2. The molecule has 1 fully saturated rings. The number of anilines is 1. The van der Waals surface area contributed by atoms with Crippen LogP contribution >= 0.6 is 11.9 Å². The summed E-state index contributed by atoms with van der Waals surface area (Å²) in [6, 6.07) is 12.1. The Kier molecular flexibility index (Phi) is 6.83. The van der Waals surface area contributed by atoms with Crippen molar-refractivity contribution in [3.8, 4) is 11.5 Å². The van der Waals surface area contributed by atoms with Gasteiger partial charge in [-0.25, -0.2) is 0 Å². The van der Waals surface area contributed by atoms with Gasteiger partial charge in [0.05, 0.1) is 19.1 Å². The molecule has 9 heteroatoms. The number of likely N-dealkylation sites (tertiary alicyclic amines) is 1. The van der Waals surface area contributed by atoms with Gasteiger partial charge in [0.1, 0.15) is 16.9 Å². The van der Waals surface area contributed by atoms with Gasteiger partial charge in [-0.05, 0) is 54.6 Å². The molecule has 0 radical (unpaired) electrons. The van der Waals surface area contributed by atoms with Gasteiger partial charge in [0.25, 0.3) is 0 Å². The van der Waals surface area contributed by atoms with E-state index in [1.807, 2.05) is 36.4 Å². The average molecular weight is 443 g/mol. The number of aromatic nitrogens is 1. The van der Waals surface area contributed by atoms with Crippen LogP contribution in [0.5, 0.6) is 11.5 Å². The van der Waals surface area contributed by atoms with E-state index in [1.165, 1.54) is 11.9 Å². The van der Waals surface area contributed by atoms with E-state index in [4.69, 9.17) is 14.0 Å². The van der Waals surface area contributed by atoms with Crippen LogP contribution in [0.1, 0.15) is 18.4 Å². The Bertz CT molecular complexity index is 1030. The van der Waals surface area contributed by atoms with Crippen LogP contribution in [-0.4, -0.2) is 49.8 Å². The summed E-state index contributed by atoms with van der Waals surface area (Å²) in [6.07, 6.45) is 2.70. The van der Waals surface area contributed by atoms with Crippen LogP contribution in [0.15, 0.2) is 45.8 Å². The van der Waals surface area contributed by atoms with Crippen LogP contribution in [0.4, 0.5) is 5.82 Å². The molecular weight excluding hydrogens is 416 g/mol. The molecule has 1 aromatic heterocycles. The minimum atomic E-state index is 0.273. The predicted molar refractivity (Wildman–Crippen MR) is 121 cm³/mol. The molecule has 1 aliphatic heterocycles. The lowest BCUT2D eigenvalue weighted by Gasteiger charge is -2.31. The van der Waals surface area contributed by atoms with Gasteiger partial charge in [0.2, 0.25) is 6.41 Å². The SMILES string of the molecule is COc1ccccc1SNc1noc2cc(CN3CCC(NC=O)CC3)cc(OC)c12. The number of carbonyl (C=O) groups excluding carboxylic acids is 1. The van der Waals surface area contributed by atoms with Gasteiger partial charge >= 0.3 is 0 Å². The Balaban J connectivity index is 1.48. The Morgan fingerprint density at radius 3 is 2.71 bits per heavy atom. The van der Waals surface area contributed by atoms with Crippen LogP contribution in [0.2, 0.25) is 0 Å². The minimum Gasteiger partial charge on any atom is -0.496 e. The Labute approximate surface area is 185 Å². The zero-order valence-electron chi connectivity index (χ0n) is 17.6. The van der Waals surface area contributed by atoms with Gasteiger partial charge in [-0.2, -0.15) is 0 Å². The van der Waals surface area contributed by atoms with Crippen LogP contribution in [0, 0.1) is 0 Å². The van der Waals surface area contributed by atoms with Crippen molar-refractivity contribution in [1.29, 1.82) is 0 Å². The summed E-state index contributed by atoms with van der Waals surface area (Å²) in [4.78, 5) is 14.0. The van der Waals surface area contributed by atoms with Crippen LogP contribution < -0.4 is 19.5 Å². The highest BCUT2D eigenvalue weighted by molar-refractivity contribution is 8.00. The van der Waals surface area contributed by atoms with Gasteiger partial charge in [-0.3, -0.25) is 9.69 Å². The first kappa shape index (κ1) is 21.3. The highest BCUT2D eigenvalue weighted by Crippen LogP contribution is 2.37. The molecule has 2 heterocycles. The van der Waals surface area contributed by atoms with Crippen LogP contribution in [0.25, 0.3) is 11.0 Å². The number of ether oxygens (including phenoxy) is 2. The van der Waals surface area contributed by atoms with E-state index < -0.39 is 0 Å². The van der Waals surface area contributed by atoms with Gasteiger partial charge in [-0.1, -0.05) is 17.3 Å². The summed E-state index contributed by atoms with van der Waals surface area (Å²) in [7, 11) is 3.30. The second-order valence-electron chi connectivity index (χ2n) is 7.39. The zero-order chi connectivity index (χ0) is 21.6. The lowest BCUT2D eigenvalue weighted by molar-refractivity contribution is -0.110. The van der Waals surface area contributed by atoms with Crippen molar-refractivity contribution in [2.45, 2.75) is 30.3 Å². The molecule has 4 rings (SSSR count). The third-order valence-corrected chi connectivity index (χ3v) is 6.29. The topological polar surface area (TPSA) is 88.9 Å². The van der Waals surface area contributed by atoms with Crippen LogP contribution in [0.3, 0.4) is 0 Å². The molecule has 2 aromatic carbocycles. The van der Waals surface area contributed by atoms with Gasteiger partial charge < -0.3 is 24.0 Å². The molecule has 164 valence electrons. The quantitative estimate of drug-likeness (QED) is 0.383. The molecule has 2 N–H and O–H groups in total. The van der Waals surface area contributed by atoms with E-state index >= 15 is 0 Å². The number of nitrogens with one attached hydrogen (secondary N) is 2. The number of para-hydroxylation sites is 1. The standard InChI is InChI=1S/C22H26N4O4S/c1-28-17-5-3-4-6-20(17)31-25-22-21-18(29-2)11-15(12-19(21)30-24-22)13-26-9-7-16(8-10-26)23-14-27/h3-6,11-12,14,16H,7-10,13H2,1-2H3,(H,23,27)(H,24,25). The molecule has 0 bridgehead atoms. The first-order valence-electron chi connectivity index (χ1n) is 10.2. The van der Waals surface area contributed by atoms with Gasteiger partial charge in [-0.15, -0.1) is 0 Å². The molecule has 8 nitrogen and oxygen atoms in total. The molecule has 0 aliphatic carbocycles. The number of hydrogen-bond donors (Lipinski definition) is 2. The number of benzene rings is 2. The predicted octanol–water partition coefficient (Wildman–Crippen LogP) is 3.67. The molecule has 0 unspecified atom stereocenters. The zero-order valence-corrected chi connectivity index (χ0v) is 18.4. The van der Waals surface area contributed by atoms with Crippen LogP contribution in [-0.2, 0) is 11.3 Å². The van der Waals surface area contributed by atoms with E-state index in [-0.39, 0.29) is 6.04 Å². The summed E-state index contributed by atoms with van der Waals surface area (Å²) in [5.74, 6) is 2.11. The van der Waals surface area contributed by atoms with E-state index in [2.05, 4.69) is 20.1 Å². The summed E-state index contributed by atoms with van der Waals surface area (Å²) in [5, 5.41) is 7.90. The van der Waals surface area contributed by atoms with Crippen molar-refractivity contribution in [2.75, 3.05) is 32.0 Å². The Morgan fingerprint density at radius 1 is 1.19 bits per heavy atom. The fraction of sp³-hybridized carbons (Fsp3) is 0.364. The molecule has 1 amide bonds. The number of piperidine rings is 1. The summed E-state index contributed by atoms with van der Waals surface area (Å²) in [6.45, 7) is 2.66. The summed E-state index contributed by atoms with van der Waals surface area (Å²) >= 11 is 1.41. The van der Waals surface area contributed by atoms with Gasteiger partial charge in [0.15, 0.2) is 11.4 Å². The van der Waals surface area contributed by atoms with Crippen molar-refractivity contribution in [1.82, 2.24) is 15.4 Å². The fourth-order valence-electron chi connectivity index (χ4n) is 3.83. The number of methoxy groups -OCH3 is 2. The molecule has 1 saturated heterocycles. The largest absolute Gasteiger partial charge is 0.496 e. The van der Waals surface area contributed by atoms with Crippen molar-refractivity contribution in [2.24, 2.45) is 0 Å². The van der Waals surface area contributed by atoms with E-state index in [0.717, 1.165) is 66.2 Å². The number of nitrogens with zero attached hydrogens (tertiary/aromatic N) is 2. The molecule has 0 saturated carbocycles. The normalized spacial score (nSPS) is 15.0. The first-order chi connectivity index (χ1) is 15.2. The number of carbonyl (C=O) groups is 1. The van der Waals surface area contributed by atoms with Crippen molar-refractivity contribution in [3.63, 3.8) is 0 Å². The third-order valence-electron chi connectivity index (χ3n) is 5.44. The second-order valence-corrected chi connectivity index (χ2v) is 8.24. The maximum atomic E-state index is 10.6. The number of rotatable bonds is 9. The van der Waals surface area contributed by atoms with Gasteiger partial charge in [0, 0.05) is 25.7 Å². The molecule has 1 aliphatic rings. The third kappa shape index (κ3) is 4.88. The number of amides is 1. The molecular formula is C22H26N4O4S. The fourth-order valence-corrected chi connectivity index (χ4v) is 4.58. The molecule has 3 aromatic rings. The molecule has 31 heavy (non-hydrogen) atoms. The van der Waals surface area contributed by atoms with Crippen molar-refractivity contribution < 1.29 is 18.8 Å². The Morgan fingerprint density at radius 2 is 1.97 bits per heavy atom. The maximum absolute atomic E-state index is 10.6. The first-order valence-corrected chi connectivity index (χ1v) is 11.0. The van der Waals surface area contributed by atoms with E-state index in [9.17, 15) is 4.79 Å². The number of hydrogen-bond acceptors (Lipinski definition) is 8. The van der Waals surface area contributed by atoms with E-state index in [1.54, 1.807) is 14.2 Å². The molecule has 0 atom stereocenters. The van der Waals surface area contributed by atoms with Crippen molar-refractivity contribution in [3.05, 3.63) is 42.0 Å². The van der Waals surface area contributed by atoms with E-state index in [0.29, 0.717) is 11.4 Å². The van der Waals surface area contributed by atoms with Crippen molar-refractivity contribution >= 4 is 35.1 Å². The average Bonchev–Trinajstić information content (AvgIpc) is 3.21. The monoisotopic (exact) mass is 442 g/mol. The second kappa shape index (κ2) is 9.93. The lowest BCUT2D eigenvalue weighted by atomic mass is 10.0. The molecule has 0 spiro atoms. The lowest BCUT2D eigenvalue weighted by Crippen LogP contribution is -2.41. The minimum absolute atomic E-state index is 0.273. The maximum Gasteiger partial charge on any atom is 0.207 e. The Hall–Kier alpha value is -2.91. The summed E-state index contributed by atoms with van der Waals surface area (Å²) < 4.78 is 19.9. The number of fused-ring (bicyclic) bond motifs is 1.